The molecule has 3 rings (SSSR count). The van der Waals surface area contributed by atoms with E-state index in [1.54, 1.807) is 28.7 Å². The van der Waals surface area contributed by atoms with Crippen LogP contribution in [0, 0.1) is 0 Å². The van der Waals surface area contributed by atoms with Crippen LogP contribution in [0.5, 0.6) is 0 Å². The fourth-order valence-electron chi connectivity index (χ4n) is 3.15. The van der Waals surface area contributed by atoms with E-state index in [1.165, 1.54) is 0 Å². The number of nitrogens with zero attached hydrogens (tertiary/aromatic N) is 3. The minimum atomic E-state index is -0.378. The quantitative estimate of drug-likeness (QED) is 0.836. The smallest absolute Gasteiger partial charge is 0.321 e. The summed E-state index contributed by atoms with van der Waals surface area (Å²) in [5, 5.41) is 0.685. The van der Waals surface area contributed by atoms with Gasteiger partial charge in [-0.15, -0.1) is 0 Å². The predicted molar refractivity (Wildman–Crippen MR) is 80.0 cm³/mol. The summed E-state index contributed by atoms with van der Waals surface area (Å²) in [5.74, 6) is 0.00735. The molecule has 5 nitrogen and oxygen atoms in total. The van der Waals surface area contributed by atoms with Gasteiger partial charge in [0.25, 0.3) is 0 Å². The number of amides is 3. The Morgan fingerprint density at radius 2 is 1.86 bits per heavy atom. The van der Waals surface area contributed by atoms with Crippen molar-refractivity contribution in [1.29, 1.82) is 0 Å². The van der Waals surface area contributed by atoms with Crippen molar-refractivity contribution < 1.29 is 9.59 Å². The number of piperazine rings is 1. The van der Waals surface area contributed by atoms with Gasteiger partial charge in [0.15, 0.2) is 0 Å². The highest BCUT2D eigenvalue weighted by Gasteiger charge is 2.46. The Hall–Kier alpha value is -1.75. The van der Waals surface area contributed by atoms with Crippen molar-refractivity contribution in [2.45, 2.75) is 25.6 Å². The number of halogens is 1. The number of hydrogen-bond donors (Lipinski definition) is 0. The number of likely N-dealkylation sites (N-methyl/N-ethyl adjacent to an activating group) is 1. The van der Waals surface area contributed by atoms with Crippen LogP contribution in [0.1, 0.15) is 12.5 Å². The molecule has 21 heavy (non-hydrogen) atoms. The first-order valence-corrected chi connectivity index (χ1v) is 7.42. The van der Waals surface area contributed by atoms with Crippen LogP contribution in [-0.2, 0) is 11.3 Å². The second-order valence-electron chi connectivity index (χ2n) is 5.75. The monoisotopic (exact) mass is 307 g/mol. The van der Waals surface area contributed by atoms with Crippen LogP contribution in [0.25, 0.3) is 0 Å². The van der Waals surface area contributed by atoms with Crippen molar-refractivity contribution in [3.8, 4) is 0 Å². The van der Waals surface area contributed by atoms with Crippen LogP contribution < -0.4 is 0 Å². The maximum Gasteiger partial charge on any atom is 0.321 e. The van der Waals surface area contributed by atoms with Gasteiger partial charge in [-0.25, -0.2) is 4.79 Å². The molecule has 2 heterocycles. The van der Waals surface area contributed by atoms with Crippen molar-refractivity contribution in [1.82, 2.24) is 14.7 Å². The average Bonchev–Trinajstić information content (AvgIpc) is 2.75. The summed E-state index contributed by atoms with van der Waals surface area (Å²) in [5.41, 5.74) is 1.04. The Morgan fingerprint density at radius 3 is 2.52 bits per heavy atom. The van der Waals surface area contributed by atoms with E-state index in [1.807, 2.05) is 24.3 Å². The molecule has 0 bridgehead atoms. The summed E-state index contributed by atoms with van der Waals surface area (Å²) in [6.45, 7) is 3.61. The van der Waals surface area contributed by atoms with Crippen molar-refractivity contribution in [3.63, 3.8) is 0 Å². The second kappa shape index (κ2) is 5.22. The zero-order valence-electron chi connectivity index (χ0n) is 12.1. The number of rotatable bonds is 2. The Labute approximate surface area is 129 Å². The van der Waals surface area contributed by atoms with E-state index < -0.39 is 0 Å². The number of fused-ring (bicyclic) bond motifs is 1. The number of hydrogen-bond acceptors (Lipinski definition) is 2. The molecule has 0 aromatic heterocycles. The molecule has 2 aliphatic heterocycles. The minimum absolute atomic E-state index is 0.00735. The van der Waals surface area contributed by atoms with Crippen molar-refractivity contribution in [2.24, 2.45) is 0 Å². The van der Waals surface area contributed by atoms with Gasteiger partial charge in [0.2, 0.25) is 5.91 Å². The lowest BCUT2D eigenvalue weighted by Crippen LogP contribution is -2.58. The molecule has 112 valence electrons. The first-order valence-electron chi connectivity index (χ1n) is 7.04. The first kappa shape index (κ1) is 14.2. The zero-order valence-corrected chi connectivity index (χ0v) is 12.9. The highest BCUT2D eigenvalue weighted by atomic mass is 35.5. The molecule has 0 saturated carbocycles. The first-order chi connectivity index (χ1) is 9.97. The van der Waals surface area contributed by atoms with Crippen LogP contribution in [0.2, 0.25) is 5.02 Å². The maximum absolute atomic E-state index is 12.5. The Kier molecular flexibility index (Phi) is 3.53. The van der Waals surface area contributed by atoms with E-state index in [9.17, 15) is 9.59 Å². The molecule has 0 N–H and O–H groups in total. The van der Waals surface area contributed by atoms with Crippen LogP contribution in [0.3, 0.4) is 0 Å². The van der Waals surface area contributed by atoms with Gasteiger partial charge in [-0.1, -0.05) is 23.7 Å². The van der Waals surface area contributed by atoms with E-state index in [0.29, 0.717) is 24.7 Å². The Balaban J connectivity index is 1.76. The Morgan fingerprint density at radius 1 is 1.19 bits per heavy atom. The molecule has 1 aromatic carbocycles. The van der Waals surface area contributed by atoms with Crippen LogP contribution in [0.15, 0.2) is 24.3 Å². The predicted octanol–water partition coefficient (Wildman–Crippen LogP) is 1.81. The highest BCUT2D eigenvalue weighted by Crippen LogP contribution is 2.26. The van der Waals surface area contributed by atoms with Gasteiger partial charge in [0, 0.05) is 31.7 Å². The van der Waals surface area contributed by atoms with Crippen molar-refractivity contribution >= 4 is 23.5 Å². The van der Waals surface area contributed by atoms with Crippen LogP contribution in [-0.4, -0.2) is 58.9 Å². The van der Waals surface area contributed by atoms with E-state index in [2.05, 4.69) is 0 Å². The number of benzene rings is 1. The van der Waals surface area contributed by atoms with Gasteiger partial charge in [0.1, 0.15) is 6.04 Å². The van der Waals surface area contributed by atoms with Crippen LogP contribution in [0.4, 0.5) is 4.79 Å². The maximum atomic E-state index is 12.5. The molecule has 2 atom stereocenters. The average molecular weight is 308 g/mol. The Bertz CT molecular complexity index is 575. The number of carbonyl (C=O) groups is 2. The lowest BCUT2D eigenvalue weighted by molar-refractivity contribution is -0.139. The largest absolute Gasteiger partial charge is 0.342 e. The summed E-state index contributed by atoms with van der Waals surface area (Å²) in [6.07, 6.45) is 0. The molecule has 6 heteroatoms. The summed E-state index contributed by atoms with van der Waals surface area (Å²) in [7, 11) is 1.79. The molecule has 0 aliphatic carbocycles. The SMILES string of the molecule is C[C@H]1C(=O)N(C)C[C@@H]2CN(Cc3ccc(Cl)cc3)C(=O)N21. The van der Waals surface area contributed by atoms with Crippen molar-refractivity contribution in [2.75, 3.05) is 20.1 Å². The summed E-state index contributed by atoms with van der Waals surface area (Å²) < 4.78 is 0. The van der Waals surface area contributed by atoms with Gasteiger partial charge < -0.3 is 14.7 Å². The topological polar surface area (TPSA) is 43.9 Å². The highest BCUT2D eigenvalue weighted by molar-refractivity contribution is 6.30. The second-order valence-corrected chi connectivity index (χ2v) is 6.18. The fourth-order valence-corrected chi connectivity index (χ4v) is 3.28. The number of carbonyl (C=O) groups excluding carboxylic acids is 2. The van der Waals surface area contributed by atoms with Gasteiger partial charge in [0.05, 0.1) is 6.04 Å². The normalized spacial score (nSPS) is 25.6. The van der Waals surface area contributed by atoms with Crippen molar-refractivity contribution in [3.05, 3.63) is 34.9 Å². The standard InChI is InChI=1S/C15H18ClN3O2/c1-10-14(20)17(2)8-13-9-18(15(21)19(10)13)7-11-3-5-12(16)6-4-11/h3-6,10,13H,7-9H2,1-2H3/t10-,13+/m0/s1. The van der Waals surface area contributed by atoms with Gasteiger partial charge in [-0.05, 0) is 24.6 Å². The number of urea groups is 1. The lowest BCUT2D eigenvalue weighted by atomic mass is 10.1. The lowest BCUT2D eigenvalue weighted by Gasteiger charge is -2.38. The molecular formula is C15H18ClN3O2. The van der Waals surface area contributed by atoms with Gasteiger partial charge >= 0.3 is 6.03 Å². The molecule has 0 unspecified atom stereocenters. The fraction of sp³-hybridized carbons (Fsp3) is 0.467. The van der Waals surface area contributed by atoms with E-state index >= 15 is 0 Å². The third kappa shape index (κ3) is 2.46. The summed E-state index contributed by atoms with van der Waals surface area (Å²) in [4.78, 5) is 29.8. The van der Waals surface area contributed by atoms with E-state index in [-0.39, 0.29) is 24.0 Å². The molecule has 2 saturated heterocycles. The molecule has 0 spiro atoms. The van der Waals surface area contributed by atoms with Gasteiger partial charge in [-0.2, -0.15) is 0 Å². The molecule has 2 aliphatic rings. The molecule has 0 radical (unpaired) electrons. The summed E-state index contributed by atoms with van der Waals surface area (Å²) >= 11 is 5.88. The van der Waals surface area contributed by atoms with E-state index in [0.717, 1.165) is 5.56 Å². The minimum Gasteiger partial charge on any atom is -0.342 e. The molecule has 2 fully saturated rings. The molecular weight excluding hydrogens is 290 g/mol. The zero-order chi connectivity index (χ0) is 15.1. The molecule has 3 amide bonds. The van der Waals surface area contributed by atoms with Crippen LogP contribution >= 0.6 is 11.6 Å². The molecule has 1 aromatic rings. The van der Waals surface area contributed by atoms with E-state index in [4.69, 9.17) is 11.6 Å². The third-order valence-electron chi connectivity index (χ3n) is 4.24. The van der Waals surface area contributed by atoms with Gasteiger partial charge in [-0.3, -0.25) is 4.79 Å². The summed E-state index contributed by atoms with van der Waals surface area (Å²) in [6, 6.07) is 7.15. The third-order valence-corrected chi connectivity index (χ3v) is 4.49.